The number of imide groups is 2. The van der Waals surface area contributed by atoms with E-state index in [0.29, 0.717) is 15.9 Å². The second-order valence-electron chi connectivity index (χ2n) is 5.32. The Morgan fingerprint density at radius 3 is 2.31 bits per heavy atom. The maximum absolute atomic E-state index is 13.6. The second-order valence-corrected chi connectivity index (χ2v) is 5.32. The van der Waals surface area contributed by atoms with Gasteiger partial charge in [-0.15, -0.1) is 0 Å². The molecule has 0 atom stereocenters. The number of benzene rings is 2. The van der Waals surface area contributed by atoms with Crippen LogP contribution >= 0.6 is 0 Å². The zero-order chi connectivity index (χ0) is 18.8. The molecule has 3 rings (SSSR count). The standard InChI is InChI=1S/C17H11F2N3O4/c18-10-6-7-13(12(19)8-10)20-14(23)9-21-15(24)16(25)22(17(21)26)11-4-2-1-3-5-11/h1-8H,9H2,(H,20,23). The van der Waals surface area contributed by atoms with Crippen LogP contribution < -0.4 is 10.2 Å². The minimum atomic E-state index is -1.17. The molecule has 0 bridgehead atoms. The Bertz CT molecular complexity index is 917. The van der Waals surface area contributed by atoms with Gasteiger partial charge in [0.1, 0.15) is 18.2 Å². The van der Waals surface area contributed by atoms with Crippen LogP contribution in [0.15, 0.2) is 48.5 Å². The molecule has 7 nitrogen and oxygen atoms in total. The van der Waals surface area contributed by atoms with Crippen molar-refractivity contribution >= 4 is 35.1 Å². The molecule has 0 aliphatic carbocycles. The van der Waals surface area contributed by atoms with E-state index in [9.17, 15) is 28.0 Å². The highest BCUT2D eigenvalue weighted by Crippen LogP contribution is 2.22. The Kier molecular flexibility index (Phi) is 4.44. The lowest BCUT2D eigenvalue weighted by atomic mass is 10.3. The summed E-state index contributed by atoms with van der Waals surface area (Å²) in [7, 11) is 0. The molecule has 1 fully saturated rings. The molecule has 0 aromatic heterocycles. The van der Waals surface area contributed by atoms with Crippen molar-refractivity contribution in [2.75, 3.05) is 16.8 Å². The van der Waals surface area contributed by atoms with Crippen LogP contribution in [0.1, 0.15) is 0 Å². The predicted molar refractivity (Wildman–Crippen MR) is 86.0 cm³/mol. The van der Waals surface area contributed by atoms with E-state index in [2.05, 4.69) is 5.32 Å². The van der Waals surface area contributed by atoms with Gasteiger partial charge in [-0.25, -0.2) is 23.4 Å². The third-order valence-corrected chi connectivity index (χ3v) is 3.57. The highest BCUT2D eigenvalue weighted by molar-refractivity contribution is 6.53. The Balaban J connectivity index is 1.75. The Hall–Kier alpha value is -3.62. The molecule has 0 unspecified atom stereocenters. The van der Waals surface area contributed by atoms with E-state index in [1.54, 1.807) is 18.2 Å². The van der Waals surface area contributed by atoms with Crippen molar-refractivity contribution in [1.29, 1.82) is 0 Å². The molecule has 9 heteroatoms. The van der Waals surface area contributed by atoms with E-state index in [1.807, 2.05) is 0 Å². The molecule has 0 radical (unpaired) electrons. The van der Waals surface area contributed by atoms with Gasteiger partial charge in [0.05, 0.1) is 11.4 Å². The Morgan fingerprint density at radius 1 is 0.962 bits per heavy atom. The minimum Gasteiger partial charge on any atom is -0.322 e. The number of hydrogen-bond donors (Lipinski definition) is 1. The fourth-order valence-electron chi connectivity index (χ4n) is 2.37. The first-order valence-electron chi connectivity index (χ1n) is 7.38. The molecule has 0 saturated carbocycles. The summed E-state index contributed by atoms with van der Waals surface area (Å²) in [6, 6.07) is 9.26. The fraction of sp³-hybridized carbons (Fsp3) is 0.0588. The lowest BCUT2D eigenvalue weighted by molar-refractivity contribution is -0.140. The molecule has 26 heavy (non-hydrogen) atoms. The van der Waals surface area contributed by atoms with Gasteiger partial charge in [0.25, 0.3) is 0 Å². The quantitative estimate of drug-likeness (QED) is 0.667. The van der Waals surface area contributed by atoms with Crippen LogP contribution in [0.4, 0.5) is 25.0 Å². The summed E-state index contributed by atoms with van der Waals surface area (Å²) in [6.07, 6.45) is 0. The van der Waals surface area contributed by atoms with Crippen LogP contribution in [0.5, 0.6) is 0 Å². The molecule has 1 aliphatic rings. The summed E-state index contributed by atoms with van der Waals surface area (Å²) >= 11 is 0. The van der Waals surface area contributed by atoms with Crippen molar-refractivity contribution in [2.24, 2.45) is 0 Å². The molecule has 1 N–H and O–H groups in total. The number of nitrogens with zero attached hydrogens (tertiary/aromatic N) is 2. The van der Waals surface area contributed by atoms with Gasteiger partial charge in [-0.3, -0.25) is 14.4 Å². The van der Waals surface area contributed by atoms with Gasteiger partial charge in [0.2, 0.25) is 5.91 Å². The maximum atomic E-state index is 13.6. The maximum Gasteiger partial charge on any atom is 0.339 e. The molecule has 132 valence electrons. The summed E-state index contributed by atoms with van der Waals surface area (Å²) in [5.74, 6) is -5.02. The lowest BCUT2D eigenvalue weighted by Crippen LogP contribution is -2.39. The Labute approximate surface area is 145 Å². The van der Waals surface area contributed by atoms with Crippen molar-refractivity contribution in [3.05, 3.63) is 60.2 Å². The van der Waals surface area contributed by atoms with E-state index in [-0.39, 0.29) is 11.4 Å². The fourth-order valence-corrected chi connectivity index (χ4v) is 2.37. The number of rotatable bonds is 4. The van der Waals surface area contributed by atoms with E-state index in [0.717, 1.165) is 12.1 Å². The van der Waals surface area contributed by atoms with E-state index in [1.165, 1.54) is 12.1 Å². The van der Waals surface area contributed by atoms with Crippen LogP contribution in [0.2, 0.25) is 0 Å². The molecule has 1 heterocycles. The third-order valence-electron chi connectivity index (χ3n) is 3.57. The molecule has 1 saturated heterocycles. The SMILES string of the molecule is O=C(CN1C(=O)C(=O)N(c2ccccc2)C1=O)Nc1ccc(F)cc1F. The molecule has 5 amide bonds. The number of hydrogen-bond acceptors (Lipinski definition) is 4. The first-order chi connectivity index (χ1) is 12.4. The van der Waals surface area contributed by atoms with Crippen molar-refractivity contribution in [1.82, 2.24) is 4.90 Å². The molecular weight excluding hydrogens is 348 g/mol. The van der Waals surface area contributed by atoms with Crippen molar-refractivity contribution < 1.29 is 28.0 Å². The van der Waals surface area contributed by atoms with Crippen molar-refractivity contribution in [3.8, 4) is 0 Å². The number of carbonyl (C=O) groups is 4. The number of para-hydroxylation sites is 1. The average molecular weight is 359 g/mol. The van der Waals surface area contributed by atoms with Crippen LogP contribution in [0, 0.1) is 11.6 Å². The van der Waals surface area contributed by atoms with Gasteiger partial charge in [-0.1, -0.05) is 18.2 Å². The summed E-state index contributed by atoms with van der Waals surface area (Å²) in [6.45, 7) is -0.788. The van der Waals surface area contributed by atoms with Crippen molar-refractivity contribution in [2.45, 2.75) is 0 Å². The topological polar surface area (TPSA) is 86.8 Å². The van der Waals surface area contributed by atoms with Gasteiger partial charge in [-0.05, 0) is 24.3 Å². The molecule has 2 aromatic rings. The predicted octanol–water partition coefficient (Wildman–Crippen LogP) is 1.90. The molecular formula is C17H11F2N3O4. The summed E-state index contributed by atoms with van der Waals surface area (Å²) in [4.78, 5) is 49.5. The number of nitrogens with one attached hydrogen (secondary N) is 1. The largest absolute Gasteiger partial charge is 0.339 e. The van der Waals surface area contributed by atoms with Gasteiger partial charge in [0.15, 0.2) is 0 Å². The van der Waals surface area contributed by atoms with E-state index >= 15 is 0 Å². The summed E-state index contributed by atoms with van der Waals surface area (Å²) < 4.78 is 26.4. The van der Waals surface area contributed by atoms with Gasteiger partial charge in [0, 0.05) is 6.07 Å². The van der Waals surface area contributed by atoms with Crippen LogP contribution in [-0.4, -0.2) is 35.2 Å². The van der Waals surface area contributed by atoms with Gasteiger partial charge in [-0.2, -0.15) is 0 Å². The smallest absolute Gasteiger partial charge is 0.322 e. The Morgan fingerprint density at radius 2 is 1.65 bits per heavy atom. The number of urea groups is 1. The zero-order valence-electron chi connectivity index (χ0n) is 13.1. The molecule has 1 aliphatic heterocycles. The number of amides is 5. The zero-order valence-corrected chi connectivity index (χ0v) is 13.1. The lowest BCUT2D eigenvalue weighted by Gasteiger charge is -2.15. The molecule has 2 aromatic carbocycles. The first kappa shape index (κ1) is 17.2. The molecule has 0 spiro atoms. The normalized spacial score (nSPS) is 14.2. The van der Waals surface area contributed by atoms with Crippen LogP contribution in [0.3, 0.4) is 0 Å². The first-order valence-corrected chi connectivity index (χ1v) is 7.38. The highest BCUT2D eigenvalue weighted by Gasteiger charge is 2.46. The second kappa shape index (κ2) is 6.71. The monoisotopic (exact) mass is 359 g/mol. The minimum absolute atomic E-state index is 0.184. The average Bonchev–Trinajstić information content (AvgIpc) is 2.82. The summed E-state index contributed by atoms with van der Waals surface area (Å²) in [5, 5.41) is 2.12. The van der Waals surface area contributed by atoms with E-state index in [4.69, 9.17) is 0 Å². The number of anilines is 2. The highest BCUT2D eigenvalue weighted by atomic mass is 19.1. The van der Waals surface area contributed by atoms with Crippen molar-refractivity contribution in [3.63, 3.8) is 0 Å². The number of carbonyl (C=O) groups excluding carboxylic acids is 4. The van der Waals surface area contributed by atoms with Gasteiger partial charge >= 0.3 is 17.8 Å². The number of halogens is 2. The van der Waals surface area contributed by atoms with Gasteiger partial charge < -0.3 is 5.32 Å². The summed E-state index contributed by atoms with van der Waals surface area (Å²) in [5.41, 5.74) is -0.134. The van der Waals surface area contributed by atoms with Crippen LogP contribution in [0.25, 0.3) is 0 Å². The third kappa shape index (κ3) is 3.14. The van der Waals surface area contributed by atoms with E-state index < -0.39 is 41.9 Å². The van der Waals surface area contributed by atoms with Crippen LogP contribution in [-0.2, 0) is 14.4 Å².